The Hall–Kier alpha value is -3.58. The van der Waals surface area contributed by atoms with Gasteiger partial charge in [-0.05, 0) is 73.1 Å². The summed E-state index contributed by atoms with van der Waals surface area (Å²) in [5, 5.41) is 5.20. The Kier molecular flexibility index (Phi) is 7.10. The van der Waals surface area contributed by atoms with Crippen molar-refractivity contribution in [1.29, 1.82) is 0 Å². The monoisotopic (exact) mass is 460 g/mol. The van der Waals surface area contributed by atoms with Crippen LogP contribution in [0.25, 0.3) is 10.9 Å². The number of rotatable bonds is 8. The predicted molar refractivity (Wildman–Crippen MR) is 137 cm³/mol. The van der Waals surface area contributed by atoms with E-state index >= 15 is 0 Å². The van der Waals surface area contributed by atoms with E-state index < -0.39 is 0 Å². The molecule has 0 fully saturated rings. The number of aryl methyl sites for hydroxylation is 1. The van der Waals surface area contributed by atoms with Crippen molar-refractivity contribution < 1.29 is 9.47 Å². The molecule has 0 unspecified atom stereocenters. The Bertz CT molecular complexity index is 1240. The summed E-state index contributed by atoms with van der Waals surface area (Å²) in [6.07, 6.45) is 4.49. The van der Waals surface area contributed by atoms with Crippen LogP contribution in [0.4, 0.5) is 5.69 Å². The quantitative estimate of drug-likeness (QED) is 0.347. The standard InChI is InChI=1S/C26H28N4O2S/c1-18-23(24-15-22(32-3)9-10-25(24)28-18)11-13-30(17-19-6-5-12-27-16-19)26(33)29-20-7-4-8-21(14-20)31-2/h4-10,12,14-16,28H,11,13,17H2,1-3H3,(H,29,33). The lowest BCUT2D eigenvalue weighted by Crippen LogP contribution is -2.36. The molecule has 33 heavy (non-hydrogen) atoms. The number of anilines is 1. The molecule has 7 heteroatoms. The Morgan fingerprint density at radius 2 is 1.88 bits per heavy atom. The summed E-state index contributed by atoms with van der Waals surface area (Å²) in [5.41, 5.74) is 5.53. The van der Waals surface area contributed by atoms with Gasteiger partial charge in [-0.15, -0.1) is 0 Å². The first kappa shape index (κ1) is 22.6. The van der Waals surface area contributed by atoms with Crippen molar-refractivity contribution in [3.05, 3.63) is 83.8 Å². The second-order valence-corrected chi connectivity index (χ2v) is 8.22. The number of hydrogen-bond acceptors (Lipinski definition) is 4. The van der Waals surface area contributed by atoms with Crippen LogP contribution >= 0.6 is 12.2 Å². The Labute approximate surface area is 199 Å². The average molecular weight is 461 g/mol. The first-order valence-corrected chi connectivity index (χ1v) is 11.2. The Balaban J connectivity index is 1.56. The molecule has 0 atom stereocenters. The zero-order valence-corrected chi connectivity index (χ0v) is 19.9. The third-order valence-electron chi connectivity index (χ3n) is 5.66. The normalized spacial score (nSPS) is 10.8. The number of nitrogens with one attached hydrogen (secondary N) is 2. The maximum atomic E-state index is 5.83. The molecule has 2 heterocycles. The average Bonchev–Trinajstić information content (AvgIpc) is 3.16. The van der Waals surface area contributed by atoms with Crippen LogP contribution < -0.4 is 14.8 Å². The summed E-state index contributed by atoms with van der Waals surface area (Å²) in [6.45, 7) is 3.52. The maximum absolute atomic E-state index is 5.83. The molecule has 0 bridgehead atoms. The molecule has 0 aliphatic carbocycles. The van der Waals surface area contributed by atoms with Gasteiger partial charge < -0.3 is 24.7 Å². The smallest absolute Gasteiger partial charge is 0.173 e. The first-order chi connectivity index (χ1) is 16.1. The molecule has 0 radical (unpaired) electrons. The van der Waals surface area contributed by atoms with E-state index in [1.54, 1.807) is 20.4 Å². The van der Waals surface area contributed by atoms with Crippen LogP contribution in [-0.2, 0) is 13.0 Å². The van der Waals surface area contributed by atoms with Gasteiger partial charge in [-0.2, -0.15) is 0 Å². The van der Waals surface area contributed by atoms with E-state index in [9.17, 15) is 0 Å². The highest BCUT2D eigenvalue weighted by Gasteiger charge is 2.15. The molecule has 0 aliphatic heterocycles. The van der Waals surface area contributed by atoms with Crippen LogP contribution in [0, 0.1) is 6.92 Å². The highest BCUT2D eigenvalue weighted by atomic mass is 32.1. The fraction of sp³-hybridized carbons (Fsp3) is 0.231. The summed E-state index contributed by atoms with van der Waals surface area (Å²) in [7, 11) is 3.35. The molecule has 2 aromatic carbocycles. The molecule has 4 rings (SSSR count). The number of H-pyrrole nitrogens is 1. The van der Waals surface area contributed by atoms with E-state index in [0.717, 1.165) is 46.9 Å². The maximum Gasteiger partial charge on any atom is 0.173 e. The molecular formula is C26H28N4O2S. The van der Waals surface area contributed by atoms with Crippen molar-refractivity contribution >= 4 is 33.9 Å². The number of thiocarbonyl (C=S) groups is 1. The van der Waals surface area contributed by atoms with Crippen LogP contribution in [0.3, 0.4) is 0 Å². The van der Waals surface area contributed by atoms with Crippen molar-refractivity contribution in [2.24, 2.45) is 0 Å². The highest BCUT2D eigenvalue weighted by molar-refractivity contribution is 7.80. The zero-order valence-electron chi connectivity index (χ0n) is 19.1. The molecule has 2 N–H and O–H groups in total. The van der Waals surface area contributed by atoms with E-state index in [0.29, 0.717) is 11.7 Å². The van der Waals surface area contributed by atoms with E-state index in [1.165, 1.54) is 10.9 Å². The lowest BCUT2D eigenvalue weighted by molar-refractivity contribution is 0.414. The summed E-state index contributed by atoms with van der Waals surface area (Å²) >= 11 is 5.83. The third kappa shape index (κ3) is 5.43. The Morgan fingerprint density at radius 3 is 2.64 bits per heavy atom. The lowest BCUT2D eigenvalue weighted by atomic mass is 10.1. The second-order valence-electron chi connectivity index (χ2n) is 7.84. The molecule has 4 aromatic rings. The SMILES string of the molecule is COc1cccc(NC(=S)N(CCc2c(C)[nH]c3ccc(OC)cc23)Cc2cccnc2)c1. The molecule has 170 valence electrons. The lowest BCUT2D eigenvalue weighted by Gasteiger charge is -2.26. The number of pyridine rings is 1. The van der Waals surface area contributed by atoms with Crippen molar-refractivity contribution in [2.45, 2.75) is 19.9 Å². The molecule has 0 amide bonds. The number of aromatic amines is 1. The molecular weight excluding hydrogens is 432 g/mol. The minimum absolute atomic E-state index is 0.655. The summed E-state index contributed by atoms with van der Waals surface area (Å²) in [4.78, 5) is 9.92. The highest BCUT2D eigenvalue weighted by Crippen LogP contribution is 2.27. The van der Waals surface area contributed by atoms with Crippen LogP contribution in [0.5, 0.6) is 11.5 Å². The number of hydrogen-bond donors (Lipinski definition) is 2. The van der Waals surface area contributed by atoms with Gasteiger partial charge >= 0.3 is 0 Å². The third-order valence-corrected chi connectivity index (χ3v) is 6.02. The minimum atomic E-state index is 0.655. The van der Waals surface area contributed by atoms with Gasteiger partial charge in [-0.1, -0.05) is 12.1 Å². The van der Waals surface area contributed by atoms with Gasteiger partial charge in [0.25, 0.3) is 0 Å². The fourth-order valence-electron chi connectivity index (χ4n) is 3.93. The second kappa shape index (κ2) is 10.4. The molecule has 0 aliphatic rings. The number of ether oxygens (including phenoxy) is 2. The summed E-state index contributed by atoms with van der Waals surface area (Å²) in [5.74, 6) is 1.63. The zero-order chi connectivity index (χ0) is 23.2. The molecule has 0 saturated carbocycles. The van der Waals surface area contributed by atoms with Crippen LogP contribution in [-0.4, -0.2) is 40.7 Å². The van der Waals surface area contributed by atoms with Gasteiger partial charge in [0, 0.05) is 53.8 Å². The number of methoxy groups -OCH3 is 2. The minimum Gasteiger partial charge on any atom is -0.497 e. The summed E-state index contributed by atoms with van der Waals surface area (Å²) in [6, 6.07) is 17.9. The fourth-order valence-corrected chi connectivity index (χ4v) is 4.20. The topological polar surface area (TPSA) is 62.4 Å². The van der Waals surface area contributed by atoms with Crippen molar-refractivity contribution in [1.82, 2.24) is 14.9 Å². The molecule has 0 saturated heterocycles. The van der Waals surface area contributed by atoms with E-state index in [2.05, 4.69) is 45.3 Å². The molecule has 6 nitrogen and oxygen atoms in total. The van der Waals surface area contributed by atoms with Crippen LogP contribution in [0.2, 0.25) is 0 Å². The number of fused-ring (bicyclic) bond motifs is 1. The number of aromatic nitrogens is 2. The van der Waals surface area contributed by atoms with E-state index in [1.807, 2.05) is 42.6 Å². The van der Waals surface area contributed by atoms with Crippen LogP contribution in [0.15, 0.2) is 67.0 Å². The van der Waals surface area contributed by atoms with Gasteiger partial charge in [-0.3, -0.25) is 4.98 Å². The van der Waals surface area contributed by atoms with Gasteiger partial charge in [0.1, 0.15) is 11.5 Å². The largest absolute Gasteiger partial charge is 0.497 e. The Morgan fingerprint density at radius 1 is 1.06 bits per heavy atom. The van der Waals surface area contributed by atoms with Crippen molar-refractivity contribution in [3.8, 4) is 11.5 Å². The number of benzene rings is 2. The van der Waals surface area contributed by atoms with Gasteiger partial charge in [0.2, 0.25) is 0 Å². The number of nitrogens with zero attached hydrogens (tertiary/aromatic N) is 2. The van der Waals surface area contributed by atoms with Gasteiger partial charge in [0.05, 0.1) is 14.2 Å². The predicted octanol–water partition coefficient (Wildman–Crippen LogP) is 5.33. The molecule has 0 spiro atoms. The van der Waals surface area contributed by atoms with Gasteiger partial charge in [0.15, 0.2) is 5.11 Å². The first-order valence-electron chi connectivity index (χ1n) is 10.8. The van der Waals surface area contributed by atoms with Crippen molar-refractivity contribution in [3.63, 3.8) is 0 Å². The van der Waals surface area contributed by atoms with Crippen LogP contribution in [0.1, 0.15) is 16.8 Å². The van der Waals surface area contributed by atoms with E-state index in [4.69, 9.17) is 21.7 Å². The van der Waals surface area contributed by atoms with Crippen molar-refractivity contribution in [2.75, 3.05) is 26.1 Å². The van der Waals surface area contributed by atoms with Gasteiger partial charge in [-0.25, -0.2) is 0 Å². The molecule has 2 aromatic heterocycles. The van der Waals surface area contributed by atoms with E-state index in [-0.39, 0.29) is 0 Å². The summed E-state index contributed by atoms with van der Waals surface area (Å²) < 4.78 is 10.8.